The third-order valence-corrected chi connectivity index (χ3v) is 6.64. The first kappa shape index (κ1) is 17.2. The highest BCUT2D eigenvalue weighted by molar-refractivity contribution is 8.00. The maximum atomic E-state index is 11.5. The fourth-order valence-corrected chi connectivity index (χ4v) is 4.64. The van der Waals surface area contributed by atoms with Gasteiger partial charge in [-0.25, -0.2) is 8.42 Å². The van der Waals surface area contributed by atoms with Gasteiger partial charge in [-0.2, -0.15) is 0 Å². The van der Waals surface area contributed by atoms with Gasteiger partial charge in [-0.05, 0) is 30.0 Å². The molecule has 3 atom stereocenters. The maximum absolute atomic E-state index is 11.5. The maximum Gasteiger partial charge on any atom is 0.175 e. The second-order valence-corrected chi connectivity index (χ2v) is 9.53. The van der Waals surface area contributed by atoms with Crippen LogP contribution in [0.5, 0.6) is 0 Å². The normalized spacial score (nSPS) is 28.8. The van der Waals surface area contributed by atoms with Gasteiger partial charge in [0.25, 0.3) is 0 Å². The minimum absolute atomic E-state index is 0.214. The number of sulfone groups is 1. The lowest BCUT2D eigenvalue weighted by atomic mass is 9.90. The van der Waals surface area contributed by atoms with Crippen molar-refractivity contribution in [2.75, 3.05) is 38.2 Å². The van der Waals surface area contributed by atoms with Crippen LogP contribution in [0.1, 0.15) is 17.9 Å². The first-order valence-electron chi connectivity index (χ1n) is 8.00. The van der Waals surface area contributed by atoms with E-state index in [9.17, 15) is 8.42 Å². The highest BCUT2D eigenvalue weighted by atomic mass is 32.2. The number of nitrogens with one attached hydrogen (secondary N) is 2. The number of benzene rings is 1. The Morgan fingerprint density at radius 2 is 2.04 bits per heavy atom. The fraction of sp³-hybridized carbons (Fsp3) is 0.625. The summed E-state index contributed by atoms with van der Waals surface area (Å²) in [5.41, 5.74) is 1.17. The molecule has 2 aliphatic heterocycles. The van der Waals surface area contributed by atoms with Gasteiger partial charge in [-0.1, -0.05) is 12.1 Å². The molecule has 128 valence electrons. The van der Waals surface area contributed by atoms with E-state index >= 15 is 0 Å². The summed E-state index contributed by atoms with van der Waals surface area (Å²) in [6, 6.07) is 7.27. The first-order chi connectivity index (χ1) is 11.0. The predicted octanol–water partition coefficient (Wildman–Crippen LogP) is 1.21. The summed E-state index contributed by atoms with van der Waals surface area (Å²) in [6.07, 6.45) is 2.43. The average Bonchev–Trinajstić information content (AvgIpc) is 3.06. The average molecular weight is 357 g/mol. The number of hydrogen-bond donors (Lipinski definition) is 2. The van der Waals surface area contributed by atoms with E-state index in [-0.39, 0.29) is 6.10 Å². The zero-order valence-electron chi connectivity index (χ0n) is 13.3. The third kappa shape index (κ3) is 4.70. The number of ether oxygens (including phenoxy) is 1. The van der Waals surface area contributed by atoms with Crippen LogP contribution in [-0.4, -0.2) is 58.1 Å². The molecule has 2 N–H and O–H groups in total. The molecule has 3 rings (SSSR count). The number of hydrogen-bond acceptors (Lipinski definition) is 6. The molecule has 2 heterocycles. The minimum atomic E-state index is -3.13. The fourth-order valence-electron chi connectivity index (χ4n) is 3.08. The smallest absolute Gasteiger partial charge is 0.175 e. The minimum Gasteiger partial charge on any atom is -0.374 e. The van der Waals surface area contributed by atoms with Gasteiger partial charge in [0.05, 0.1) is 23.0 Å². The van der Waals surface area contributed by atoms with Crippen LogP contribution in [0.2, 0.25) is 0 Å². The van der Waals surface area contributed by atoms with E-state index in [0.717, 1.165) is 38.4 Å². The summed E-state index contributed by atoms with van der Waals surface area (Å²) < 4.78 is 29.1. The molecule has 3 unspecified atom stereocenters. The Labute approximate surface area is 142 Å². The van der Waals surface area contributed by atoms with Gasteiger partial charge in [-0.15, -0.1) is 11.8 Å². The molecule has 2 aliphatic rings. The molecule has 1 aromatic rings. The molecule has 0 saturated carbocycles. The largest absolute Gasteiger partial charge is 0.374 e. The van der Waals surface area contributed by atoms with Crippen molar-refractivity contribution >= 4 is 21.6 Å². The zero-order chi connectivity index (χ0) is 16.3. The molecule has 1 aromatic carbocycles. The Hall–Kier alpha value is -0.600. The molecule has 23 heavy (non-hydrogen) atoms. The van der Waals surface area contributed by atoms with Gasteiger partial charge in [0, 0.05) is 31.6 Å². The van der Waals surface area contributed by atoms with Gasteiger partial charge in [0.15, 0.2) is 9.84 Å². The molecule has 0 aromatic heterocycles. The third-order valence-electron chi connectivity index (χ3n) is 4.37. The molecule has 7 heteroatoms. The van der Waals surface area contributed by atoms with E-state index in [4.69, 9.17) is 4.74 Å². The quantitative estimate of drug-likeness (QED) is 0.827. The first-order valence-corrected chi connectivity index (χ1v) is 10.9. The molecule has 5 nitrogen and oxygen atoms in total. The number of thioether (sulfide) groups is 1. The Bertz CT molecular complexity index is 613. The van der Waals surface area contributed by atoms with Gasteiger partial charge < -0.3 is 15.4 Å². The lowest BCUT2D eigenvalue weighted by molar-refractivity contribution is 0.0304. The van der Waals surface area contributed by atoms with Crippen LogP contribution in [0.4, 0.5) is 0 Å². The lowest BCUT2D eigenvalue weighted by Gasteiger charge is -2.31. The van der Waals surface area contributed by atoms with E-state index in [2.05, 4.69) is 10.6 Å². The van der Waals surface area contributed by atoms with Crippen molar-refractivity contribution in [3.8, 4) is 0 Å². The van der Waals surface area contributed by atoms with Crippen LogP contribution in [0.25, 0.3) is 0 Å². The van der Waals surface area contributed by atoms with E-state index in [0.29, 0.717) is 16.2 Å². The molecular weight excluding hydrogens is 332 g/mol. The Balaban J connectivity index is 1.57. The summed E-state index contributed by atoms with van der Waals surface area (Å²) in [4.78, 5) is 0.377. The molecule has 2 fully saturated rings. The van der Waals surface area contributed by atoms with Crippen LogP contribution >= 0.6 is 11.8 Å². The van der Waals surface area contributed by atoms with Crippen molar-refractivity contribution in [3.63, 3.8) is 0 Å². The second kappa shape index (κ2) is 7.53. The van der Waals surface area contributed by atoms with Crippen LogP contribution in [0.15, 0.2) is 29.2 Å². The van der Waals surface area contributed by atoms with E-state index in [1.807, 2.05) is 23.9 Å². The van der Waals surface area contributed by atoms with Gasteiger partial charge >= 0.3 is 0 Å². The summed E-state index contributed by atoms with van der Waals surface area (Å²) >= 11 is 1.92. The van der Waals surface area contributed by atoms with E-state index in [1.54, 1.807) is 12.1 Å². The van der Waals surface area contributed by atoms with E-state index in [1.165, 1.54) is 11.8 Å². The van der Waals surface area contributed by atoms with Gasteiger partial charge in [-0.3, -0.25) is 0 Å². The van der Waals surface area contributed by atoms with Crippen molar-refractivity contribution in [2.45, 2.75) is 28.7 Å². The molecule has 0 aliphatic carbocycles. The Morgan fingerprint density at radius 1 is 1.26 bits per heavy atom. The Kier molecular flexibility index (Phi) is 5.64. The summed E-state index contributed by atoms with van der Waals surface area (Å²) in [7, 11) is -3.13. The summed E-state index contributed by atoms with van der Waals surface area (Å²) in [6.45, 7) is 3.61. The monoisotopic (exact) mass is 356 g/mol. The van der Waals surface area contributed by atoms with Crippen LogP contribution < -0.4 is 10.6 Å². The highest BCUT2D eigenvalue weighted by Crippen LogP contribution is 2.26. The van der Waals surface area contributed by atoms with Gasteiger partial charge in [0.1, 0.15) is 0 Å². The molecule has 0 bridgehead atoms. The second-order valence-electron chi connectivity index (χ2n) is 6.20. The topological polar surface area (TPSA) is 67.4 Å². The van der Waals surface area contributed by atoms with Crippen LogP contribution in [0, 0.1) is 0 Å². The predicted molar refractivity (Wildman–Crippen MR) is 93.8 cm³/mol. The van der Waals surface area contributed by atoms with Crippen molar-refractivity contribution < 1.29 is 13.2 Å². The molecule has 2 saturated heterocycles. The summed E-state index contributed by atoms with van der Waals surface area (Å²) in [5.74, 6) is 1.53. The van der Waals surface area contributed by atoms with Crippen molar-refractivity contribution in [1.29, 1.82) is 0 Å². The SMILES string of the molecule is CS(=O)(=O)c1ccc(C2CNCC(OCC3NCCS3)C2)cc1. The lowest BCUT2D eigenvalue weighted by Crippen LogP contribution is -2.41. The number of piperidine rings is 1. The standard InChI is InChI=1S/C16H24N2O3S2/c1-23(19,20)15-4-2-12(3-5-15)13-8-14(10-17-9-13)21-11-16-18-6-7-22-16/h2-5,13-14,16-18H,6-11H2,1H3. The van der Waals surface area contributed by atoms with Crippen molar-refractivity contribution in [3.05, 3.63) is 29.8 Å². The van der Waals surface area contributed by atoms with E-state index < -0.39 is 9.84 Å². The molecule has 0 spiro atoms. The Morgan fingerprint density at radius 3 is 2.70 bits per heavy atom. The highest BCUT2D eigenvalue weighted by Gasteiger charge is 2.25. The van der Waals surface area contributed by atoms with Gasteiger partial charge in [0.2, 0.25) is 0 Å². The summed E-state index contributed by atoms with van der Waals surface area (Å²) in [5, 5.41) is 7.27. The van der Waals surface area contributed by atoms with Crippen molar-refractivity contribution in [2.24, 2.45) is 0 Å². The van der Waals surface area contributed by atoms with Crippen molar-refractivity contribution in [1.82, 2.24) is 10.6 Å². The molecule has 0 radical (unpaired) electrons. The number of rotatable bonds is 5. The zero-order valence-corrected chi connectivity index (χ0v) is 15.0. The molecule has 0 amide bonds. The van der Waals surface area contributed by atoms with Crippen LogP contribution in [-0.2, 0) is 14.6 Å². The van der Waals surface area contributed by atoms with Crippen LogP contribution in [0.3, 0.4) is 0 Å². The molecular formula is C16H24N2O3S2.